The van der Waals surface area contributed by atoms with Crippen LogP contribution in [0.5, 0.6) is 11.8 Å². The molecule has 6 N–H and O–H groups in total. The van der Waals surface area contributed by atoms with Crippen molar-refractivity contribution < 1.29 is 33.0 Å². The summed E-state index contributed by atoms with van der Waals surface area (Å²) in [5.74, 6) is 0.643. The van der Waals surface area contributed by atoms with E-state index in [2.05, 4.69) is 41.7 Å². The van der Waals surface area contributed by atoms with Crippen LogP contribution < -0.4 is 20.7 Å². The Kier molecular flexibility index (Phi) is 9.55. The number of benzene rings is 1. The number of carbonyl (C=O) groups is 1. The van der Waals surface area contributed by atoms with Crippen molar-refractivity contribution in [3.05, 3.63) is 36.2 Å². The molecule has 0 aliphatic heterocycles. The van der Waals surface area contributed by atoms with Crippen molar-refractivity contribution >= 4 is 48.1 Å². The van der Waals surface area contributed by atoms with Crippen LogP contribution in [-0.2, 0) is 9.26 Å². The number of rotatable bonds is 12. The molecule has 0 spiro atoms. The number of fused-ring (bicyclic) bond motifs is 3. The van der Waals surface area contributed by atoms with E-state index < -0.39 is 27.3 Å². The second-order valence-electron chi connectivity index (χ2n) is 8.85. The predicted octanol–water partition coefficient (Wildman–Crippen LogP) is 3.83. The maximum Gasteiger partial charge on any atom is 0.416 e. The van der Waals surface area contributed by atoms with Gasteiger partial charge in [-0.2, -0.15) is 9.97 Å². The van der Waals surface area contributed by atoms with Crippen molar-refractivity contribution in [2.24, 2.45) is 5.73 Å². The first kappa shape index (κ1) is 29.2. The molecule has 0 aliphatic rings. The number of halogens is 1. The van der Waals surface area contributed by atoms with Crippen LogP contribution in [0.2, 0.25) is 0 Å². The van der Waals surface area contributed by atoms with Crippen molar-refractivity contribution in [2.75, 3.05) is 30.6 Å². The van der Waals surface area contributed by atoms with Crippen LogP contribution in [0, 0.1) is 12.7 Å². The highest BCUT2D eigenvalue weighted by Gasteiger charge is 2.23. The minimum atomic E-state index is -2.70. The molecular weight excluding hydrogens is 546 g/mol. The van der Waals surface area contributed by atoms with E-state index in [1.54, 1.807) is 6.92 Å². The Morgan fingerprint density at radius 1 is 1.25 bits per heavy atom. The largest absolute Gasteiger partial charge is 0.421 e. The van der Waals surface area contributed by atoms with Crippen molar-refractivity contribution in [1.82, 2.24) is 24.9 Å². The van der Waals surface area contributed by atoms with Gasteiger partial charge in [-0.05, 0) is 31.9 Å². The molecule has 0 fully saturated rings. The van der Waals surface area contributed by atoms with Gasteiger partial charge in [-0.25, -0.2) is 19.2 Å². The standard InChI is InChI=1S/C24H30FN8O6P/c1-4-5-15(26)6-7-27-21-19-17-8-14(25)9-18(33(3)24(34)37-12-38-40(35)36)20(17)30-22(19)32-23(31-21)39-16-10-28-13(2)29-11-16/h8-11,15,35-36H,4-7,12,26H2,1-3H3,(H2,27,30,31,32). The van der Waals surface area contributed by atoms with Crippen LogP contribution in [-0.4, -0.2) is 67.2 Å². The maximum absolute atomic E-state index is 14.9. The number of hydrogen-bond donors (Lipinski definition) is 5. The van der Waals surface area contributed by atoms with Gasteiger partial charge in [0.1, 0.15) is 23.1 Å². The van der Waals surface area contributed by atoms with Gasteiger partial charge in [0.05, 0.1) is 29.0 Å². The number of H-pyrrole nitrogens is 1. The average molecular weight is 577 g/mol. The van der Waals surface area contributed by atoms with Crippen LogP contribution in [0.3, 0.4) is 0 Å². The third-order valence-electron chi connectivity index (χ3n) is 5.90. The molecule has 0 aliphatic carbocycles. The van der Waals surface area contributed by atoms with Gasteiger partial charge < -0.3 is 35.3 Å². The van der Waals surface area contributed by atoms with E-state index in [4.69, 9.17) is 25.0 Å². The van der Waals surface area contributed by atoms with E-state index in [9.17, 15) is 9.18 Å². The molecule has 1 aromatic carbocycles. The first-order valence-electron chi connectivity index (χ1n) is 12.4. The zero-order valence-electron chi connectivity index (χ0n) is 22.1. The Bertz CT molecular complexity index is 1470. The molecule has 0 saturated heterocycles. The number of nitrogens with one attached hydrogen (secondary N) is 2. The number of aromatic nitrogens is 5. The Morgan fingerprint density at radius 3 is 2.70 bits per heavy atom. The molecule has 214 valence electrons. The molecular formula is C24H30FN8O6P. The molecule has 0 saturated carbocycles. The first-order valence-corrected chi connectivity index (χ1v) is 13.5. The Balaban J connectivity index is 1.75. The van der Waals surface area contributed by atoms with Crippen LogP contribution >= 0.6 is 8.60 Å². The number of ether oxygens (including phenoxy) is 2. The molecule has 1 unspecified atom stereocenters. The number of aromatic amines is 1. The lowest BCUT2D eigenvalue weighted by Crippen LogP contribution is -2.28. The van der Waals surface area contributed by atoms with E-state index in [1.807, 2.05) is 0 Å². The fraction of sp³-hybridized carbons (Fsp3) is 0.375. The molecule has 1 atom stereocenters. The van der Waals surface area contributed by atoms with Crippen molar-refractivity contribution in [1.29, 1.82) is 0 Å². The molecule has 0 radical (unpaired) electrons. The van der Waals surface area contributed by atoms with Gasteiger partial charge in [0.2, 0.25) is 6.79 Å². The number of anilines is 2. The number of amides is 1. The summed E-state index contributed by atoms with van der Waals surface area (Å²) in [7, 11) is -1.33. The fourth-order valence-electron chi connectivity index (χ4n) is 4.01. The minimum Gasteiger partial charge on any atom is -0.421 e. The van der Waals surface area contributed by atoms with Gasteiger partial charge in [0.25, 0.3) is 0 Å². The van der Waals surface area contributed by atoms with Crippen LogP contribution in [0.1, 0.15) is 32.0 Å². The monoisotopic (exact) mass is 576 g/mol. The summed E-state index contributed by atoms with van der Waals surface area (Å²) >= 11 is 0. The van der Waals surface area contributed by atoms with Crippen LogP contribution in [0.4, 0.5) is 20.7 Å². The van der Waals surface area contributed by atoms with Crippen molar-refractivity contribution in [2.45, 2.75) is 39.2 Å². The molecule has 4 aromatic rings. The number of aryl methyl sites for hydroxylation is 1. The second kappa shape index (κ2) is 13.1. The molecule has 0 bridgehead atoms. The molecule has 3 aromatic heterocycles. The molecule has 1 amide bonds. The van der Waals surface area contributed by atoms with Crippen LogP contribution in [0.15, 0.2) is 24.5 Å². The molecule has 4 rings (SSSR count). The Morgan fingerprint density at radius 2 is 2.00 bits per heavy atom. The van der Waals surface area contributed by atoms with Crippen molar-refractivity contribution in [3.8, 4) is 11.8 Å². The van der Waals surface area contributed by atoms with Crippen molar-refractivity contribution in [3.63, 3.8) is 0 Å². The summed E-state index contributed by atoms with van der Waals surface area (Å²) < 4.78 is 30.0. The topological polar surface area (TPSA) is 194 Å². The minimum absolute atomic E-state index is 0.000830. The quantitative estimate of drug-likeness (QED) is 0.121. The zero-order chi connectivity index (χ0) is 28.8. The lowest BCUT2D eigenvalue weighted by atomic mass is 10.1. The number of hydrogen-bond acceptors (Lipinski definition) is 12. The predicted molar refractivity (Wildman–Crippen MR) is 146 cm³/mol. The average Bonchev–Trinajstić information content (AvgIpc) is 3.27. The highest BCUT2D eigenvalue weighted by Crippen LogP contribution is 2.37. The first-order chi connectivity index (χ1) is 19.2. The van der Waals surface area contributed by atoms with E-state index in [1.165, 1.54) is 25.5 Å². The summed E-state index contributed by atoms with van der Waals surface area (Å²) in [6.45, 7) is 3.60. The third-order valence-corrected chi connectivity index (χ3v) is 6.24. The highest BCUT2D eigenvalue weighted by atomic mass is 31.2. The molecule has 3 heterocycles. The highest BCUT2D eigenvalue weighted by molar-refractivity contribution is 7.39. The van der Waals surface area contributed by atoms with Gasteiger partial charge in [-0.3, -0.25) is 9.42 Å². The van der Waals surface area contributed by atoms with Gasteiger partial charge in [-0.1, -0.05) is 13.3 Å². The summed E-state index contributed by atoms with van der Waals surface area (Å²) in [5.41, 5.74) is 7.00. The Labute approximate surface area is 229 Å². The van der Waals surface area contributed by atoms with Gasteiger partial charge >= 0.3 is 20.7 Å². The molecule has 14 nitrogen and oxygen atoms in total. The summed E-state index contributed by atoms with van der Waals surface area (Å²) in [6.07, 6.45) is 4.57. The summed E-state index contributed by atoms with van der Waals surface area (Å²) in [4.78, 5) is 51.6. The SMILES string of the molecule is CCCC(N)CCNc1nc(Oc2cnc(C)nc2)nc2[nH]c3c(N(C)C(=O)OCOP(O)O)cc(F)cc3c12. The number of carbonyl (C=O) groups excluding carboxylic acids is 1. The molecule has 40 heavy (non-hydrogen) atoms. The van der Waals surface area contributed by atoms with E-state index in [0.717, 1.165) is 23.8 Å². The van der Waals surface area contributed by atoms with E-state index >= 15 is 0 Å². The summed E-state index contributed by atoms with van der Waals surface area (Å²) in [6, 6.07) is 2.44. The third kappa shape index (κ3) is 7.06. The lowest BCUT2D eigenvalue weighted by Gasteiger charge is -2.18. The molecule has 16 heteroatoms. The number of nitrogens with two attached hydrogens (primary N) is 1. The zero-order valence-corrected chi connectivity index (χ0v) is 23.0. The fourth-order valence-corrected chi connectivity index (χ4v) is 4.16. The van der Waals surface area contributed by atoms with Gasteiger partial charge in [0.15, 0.2) is 5.75 Å². The van der Waals surface area contributed by atoms with E-state index in [0.29, 0.717) is 52.3 Å². The van der Waals surface area contributed by atoms with Gasteiger partial charge in [-0.15, -0.1) is 0 Å². The smallest absolute Gasteiger partial charge is 0.416 e. The van der Waals surface area contributed by atoms with Gasteiger partial charge in [0, 0.05) is 25.0 Å². The summed E-state index contributed by atoms with van der Waals surface area (Å²) in [5, 5.41) is 4.15. The lowest BCUT2D eigenvalue weighted by molar-refractivity contribution is 0.0569. The normalized spacial score (nSPS) is 12.2. The van der Waals surface area contributed by atoms with E-state index in [-0.39, 0.29) is 17.7 Å². The second-order valence-corrected chi connectivity index (χ2v) is 9.62. The Hall–Kier alpha value is -3.75. The maximum atomic E-state index is 14.9. The number of nitrogens with zero attached hydrogens (tertiary/aromatic N) is 5. The van der Waals surface area contributed by atoms with Crippen LogP contribution in [0.25, 0.3) is 21.9 Å².